The summed E-state index contributed by atoms with van der Waals surface area (Å²) in [6, 6.07) is 9.01. The number of likely N-dealkylation sites (N-methyl/N-ethyl adjacent to an activating group) is 1. The summed E-state index contributed by atoms with van der Waals surface area (Å²) in [5.41, 5.74) is 3.40. The minimum absolute atomic E-state index is 0.174. The van der Waals surface area contributed by atoms with Crippen molar-refractivity contribution in [1.82, 2.24) is 9.88 Å². The number of rotatable bonds is 6. The van der Waals surface area contributed by atoms with Crippen molar-refractivity contribution in [2.45, 2.75) is 57.8 Å². The molecule has 2 atom stereocenters. The molecule has 0 bridgehead atoms. The number of hydrogen-bond acceptors (Lipinski definition) is 3. The van der Waals surface area contributed by atoms with Gasteiger partial charge < -0.3 is 19.7 Å². The van der Waals surface area contributed by atoms with Gasteiger partial charge in [-0.25, -0.2) is 0 Å². The second-order valence-corrected chi connectivity index (χ2v) is 7.56. The Hall–Kier alpha value is -1.36. The van der Waals surface area contributed by atoms with Crippen LogP contribution in [0, 0.1) is 0 Å². The summed E-state index contributed by atoms with van der Waals surface area (Å²) in [6.07, 6.45) is 2.68. The quantitative estimate of drug-likeness (QED) is 0.853. The maximum Gasteiger partial charge on any atom is 0.106 e. The summed E-state index contributed by atoms with van der Waals surface area (Å²) in [5.74, 6) is 0. The third-order valence-electron chi connectivity index (χ3n) is 5.39. The van der Waals surface area contributed by atoms with Gasteiger partial charge in [-0.3, -0.25) is 0 Å². The number of benzene rings is 1. The van der Waals surface area contributed by atoms with Crippen LogP contribution in [0.2, 0.25) is 0 Å². The number of hydrogen-bond donors (Lipinski definition) is 2. The van der Waals surface area contributed by atoms with E-state index in [0.717, 1.165) is 25.8 Å². The number of para-hydroxylation sites is 1. The Morgan fingerprint density at radius 1 is 1.38 bits per heavy atom. The molecule has 0 saturated carbocycles. The molecule has 2 heterocycles. The van der Waals surface area contributed by atoms with Crippen LogP contribution in [0.25, 0.3) is 10.9 Å². The average molecular weight is 330 g/mol. The molecule has 2 unspecified atom stereocenters. The van der Waals surface area contributed by atoms with E-state index >= 15 is 0 Å². The van der Waals surface area contributed by atoms with E-state index in [2.05, 4.69) is 62.0 Å². The molecule has 132 valence electrons. The van der Waals surface area contributed by atoms with Crippen molar-refractivity contribution in [2.24, 2.45) is 0 Å². The fraction of sp³-hybridized carbons (Fsp3) is 0.600. The van der Waals surface area contributed by atoms with Gasteiger partial charge in [0, 0.05) is 36.5 Å². The Morgan fingerprint density at radius 3 is 2.83 bits per heavy atom. The van der Waals surface area contributed by atoms with Crippen LogP contribution < -0.4 is 0 Å². The first-order chi connectivity index (χ1) is 11.4. The lowest BCUT2D eigenvalue weighted by molar-refractivity contribution is -0.117. The second kappa shape index (κ2) is 6.87. The van der Waals surface area contributed by atoms with Gasteiger partial charge >= 0.3 is 0 Å². The number of H-pyrrole nitrogens is 1. The Bertz CT molecular complexity index is 694. The molecule has 1 aromatic carbocycles. The first-order valence-electron chi connectivity index (χ1n) is 9.03. The van der Waals surface area contributed by atoms with Crippen LogP contribution in [0.15, 0.2) is 24.3 Å². The van der Waals surface area contributed by atoms with Crippen LogP contribution in [-0.2, 0) is 16.8 Å². The number of aromatic nitrogens is 1. The molecule has 0 aliphatic carbocycles. The zero-order valence-corrected chi connectivity index (χ0v) is 15.3. The Morgan fingerprint density at radius 2 is 2.12 bits per heavy atom. The van der Waals surface area contributed by atoms with Gasteiger partial charge in [-0.2, -0.15) is 0 Å². The summed E-state index contributed by atoms with van der Waals surface area (Å²) >= 11 is 0. The van der Waals surface area contributed by atoms with E-state index in [0.29, 0.717) is 6.04 Å². The lowest BCUT2D eigenvalue weighted by atomic mass is 9.86. The summed E-state index contributed by atoms with van der Waals surface area (Å²) in [6.45, 7) is 7.71. The van der Waals surface area contributed by atoms with Crippen LogP contribution in [0.1, 0.15) is 44.9 Å². The smallest absolute Gasteiger partial charge is 0.106 e. The van der Waals surface area contributed by atoms with Crippen molar-refractivity contribution in [3.05, 3.63) is 35.5 Å². The Labute approximate surface area is 144 Å². The molecule has 0 radical (unpaired) electrons. The fourth-order valence-corrected chi connectivity index (χ4v) is 3.79. The van der Waals surface area contributed by atoms with Gasteiger partial charge in [0.15, 0.2) is 0 Å². The largest absolute Gasteiger partial charge is 0.396 e. The molecule has 1 aromatic heterocycles. The van der Waals surface area contributed by atoms with Crippen molar-refractivity contribution >= 4 is 10.9 Å². The number of nitrogens with one attached hydrogen (secondary N) is 1. The molecule has 4 heteroatoms. The lowest BCUT2D eigenvalue weighted by Gasteiger charge is -2.40. The highest BCUT2D eigenvalue weighted by Gasteiger charge is 2.39. The molecule has 1 aliphatic heterocycles. The molecule has 0 amide bonds. The summed E-state index contributed by atoms with van der Waals surface area (Å²) in [4.78, 5) is 5.94. The zero-order chi connectivity index (χ0) is 17.3. The molecule has 0 saturated heterocycles. The van der Waals surface area contributed by atoms with Gasteiger partial charge in [0.1, 0.15) is 5.60 Å². The number of aliphatic hydroxyl groups excluding tert-OH is 1. The van der Waals surface area contributed by atoms with Crippen molar-refractivity contribution in [3.63, 3.8) is 0 Å². The SMILES string of the molecule is CC(C)N(C)CC1Cc2c([nH]c3ccccc23)C(C)(CCCO)O1. The molecule has 2 N–H and O–H groups in total. The monoisotopic (exact) mass is 330 g/mol. The number of fused-ring (bicyclic) bond motifs is 3. The zero-order valence-electron chi connectivity index (χ0n) is 15.3. The molecule has 0 spiro atoms. The summed E-state index contributed by atoms with van der Waals surface area (Å²) < 4.78 is 6.57. The van der Waals surface area contributed by atoms with E-state index in [1.165, 1.54) is 22.2 Å². The molecule has 3 rings (SSSR count). The first kappa shape index (κ1) is 17.5. The van der Waals surface area contributed by atoms with Gasteiger partial charge in [-0.15, -0.1) is 0 Å². The number of ether oxygens (including phenoxy) is 1. The maximum absolute atomic E-state index is 9.31. The van der Waals surface area contributed by atoms with Gasteiger partial charge in [-0.1, -0.05) is 18.2 Å². The van der Waals surface area contributed by atoms with Crippen molar-refractivity contribution in [3.8, 4) is 0 Å². The minimum atomic E-state index is -0.363. The molecule has 1 aliphatic rings. The van der Waals surface area contributed by atoms with E-state index in [-0.39, 0.29) is 18.3 Å². The van der Waals surface area contributed by atoms with Gasteiger partial charge in [0.2, 0.25) is 0 Å². The van der Waals surface area contributed by atoms with Crippen LogP contribution in [0.4, 0.5) is 0 Å². The number of aromatic amines is 1. The summed E-state index contributed by atoms with van der Waals surface area (Å²) in [5, 5.41) is 10.6. The van der Waals surface area contributed by atoms with Crippen LogP contribution in [0.3, 0.4) is 0 Å². The molecular weight excluding hydrogens is 300 g/mol. The highest BCUT2D eigenvalue weighted by Crippen LogP contribution is 2.41. The third-order valence-corrected chi connectivity index (χ3v) is 5.39. The molecule has 2 aromatic rings. The van der Waals surface area contributed by atoms with Gasteiger partial charge in [0.05, 0.1) is 11.8 Å². The molecule has 24 heavy (non-hydrogen) atoms. The molecular formula is C20H30N2O2. The molecule has 0 fully saturated rings. The Kier molecular flexibility index (Phi) is 5.00. The van der Waals surface area contributed by atoms with E-state index in [9.17, 15) is 5.11 Å². The topological polar surface area (TPSA) is 48.5 Å². The molecule has 4 nitrogen and oxygen atoms in total. The fourth-order valence-electron chi connectivity index (χ4n) is 3.79. The van der Waals surface area contributed by atoms with Crippen LogP contribution in [-0.4, -0.2) is 47.3 Å². The Balaban J connectivity index is 1.98. The van der Waals surface area contributed by atoms with Gasteiger partial charge in [-0.05, 0) is 52.3 Å². The number of nitrogens with zero attached hydrogens (tertiary/aromatic N) is 1. The average Bonchev–Trinajstić information content (AvgIpc) is 2.93. The van der Waals surface area contributed by atoms with E-state index in [1.54, 1.807) is 0 Å². The summed E-state index contributed by atoms with van der Waals surface area (Å²) in [7, 11) is 2.16. The highest BCUT2D eigenvalue weighted by atomic mass is 16.5. The van der Waals surface area contributed by atoms with Crippen LogP contribution in [0.5, 0.6) is 0 Å². The predicted molar refractivity (Wildman–Crippen MR) is 98.3 cm³/mol. The van der Waals surface area contributed by atoms with Crippen molar-refractivity contribution in [1.29, 1.82) is 0 Å². The third kappa shape index (κ3) is 3.23. The predicted octanol–water partition coefficient (Wildman–Crippen LogP) is 3.44. The van der Waals surface area contributed by atoms with Gasteiger partial charge in [0.25, 0.3) is 0 Å². The lowest BCUT2D eigenvalue weighted by Crippen LogP contribution is -2.44. The van der Waals surface area contributed by atoms with Crippen LogP contribution >= 0.6 is 0 Å². The minimum Gasteiger partial charge on any atom is -0.396 e. The van der Waals surface area contributed by atoms with E-state index in [1.807, 2.05) is 0 Å². The number of aliphatic hydroxyl groups is 1. The standard InChI is InChI=1S/C20H30N2O2/c1-14(2)22(4)13-15-12-17-16-8-5-6-9-18(16)21-19(17)20(3,24-15)10-7-11-23/h5-6,8-9,14-15,21,23H,7,10-13H2,1-4H3. The first-order valence-corrected chi connectivity index (χ1v) is 9.03. The highest BCUT2D eigenvalue weighted by molar-refractivity contribution is 5.85. The normalized spacial score (nSPS) is 24.0. The second-order valence-electron chi connectivity index (χ2n) is 7.56. The van der Waals surface area contributed by atoms with E-state index in [4.69, 9.17) is 4.74 Å². The van der Waals surface area contributed by atoms with Crippen molar-refractivity contribution in [2.75, 3.05) is 20.2 Å². The van der Waals surface area contributed by atoms with E-state index < -0.39 is 0 Å². The van der Waals surface area contributed by atoms with Crippen molar-refractivity contribution < 1.29 is 9.84 Å². The maximum atomic E-state index is 9.31.